The summed E-state index contributed by atoms with van der Waals surface area (Å²) in [4.78, 5) is 29.8. The lowest BCUT2D eigenvalue weighted by Gasteiger charge is -2.13. The molecule has 0 unspecified atom stereocenters. The lowest BCUT2D eigenvalue weighted by Crippen LogP contribution is -2.15. The number of ether oxygens (including phenoxy) is 3. The number of nitrogens with zero attached hydrogens (tertiary/aromatic N) is 3. The SMILES string of the molecule is COc1cc(NC(=O)c2ccc(OC(=O)c3cc4nc(-c5ccccc5)cc(C(F)(F)F)n4n3)cc2)c(OC)cc1Cl. The molecule has 1 N–H and O–H groups in total. The largest absolute Gasteiger partial charge is 0.495 e. The molecule has 0 aliphatic carbocycles. The topological polar surface area (TPSA) is 104 Å². The zero-order valence-electron chi connectivity index (χ0n) is 21.9. The standard InChI is InChI=1S/C29H20ClF3N4O5/c1-40-23-13-21(24(41-2)12-19(23)30)35-27(38)17-8-10-18(11-9-17)42-28(39)22-15-26-34-20(16-6-4-3-5-7-16)14-25(29(31,32)33)37(26)36-22/h3-15H,1-2H3,(H,35,38). The maximum atomic E-state index is 13.9. The van der Waals surface area contributed by atoms with Crippen molar-refractivity contribution in [3.63, 3.8) is 0 Å². The number of halogens is 4. The van der Waals surface area contributed by atoms with Crippen LogP contribution in [0.1, 0.15) is 26.5 Å². The van der Waals surface area contributed by atoms with Gasteiger partial charge in [-0.1, -0.05) is 41.9 Å². The van der Waals surface area contributed by atoms with E-state index in [1.165, 1.54) is 50.6 Å². The van der Waals surface area contributed by atoms with Gasteiger partial charge < -0.3 is 19.5 Å². The van der Waals surface area contributed by atoms with Crippen molar-refractivity contribution >= 4 is 34.8 Å². The van der Waals surface area contributed by atoms with Crippen LogP contribution in [0.4, 0.5) is 18.9 Å². The molecule has 2 heterocycles. The van der Waals surface area contributed by atoms with E-state index in [1.807, 2.05) is 0 Å². The van der Waals surface area contributed by atoms with Crippen LogP contribution >= 0.6 is 11.6 Å². The third kappa shape index (κ3) is 5.84. The van der Waals surface area contributed by atoms with Crippen LogP contribution in [0.2, 0.25) is 5.02 Å². The summed E-state index contributed by atoms with van der Waals surface area (Å²) in [7, 11) is 2.85. The number of hydrogen-bond acceptors (Lipinski definition) is 7. The molecule has 0 atom stereocenters. The molecule has 0 radical (unpaired) electrons. The number of methoxy groups -OCH3 is 2. The highest BCUT2D eigenvalue weighted by molar-refractivity contribution is 6.32. The summed E-state index contributed by atoms with van der Waals surface area (Å²) in [5, 5.41) is 6.79. The van der Waals surface area contributed by atoms with Crippen molar-refractivity contribution in [1.82, 2.24) is 14.6 Å². The molecule has 0 spiro atoms. The number of rotatable bonds is 7. The minimum atomic E-state index is -4.77. The fraction of sp³-hybridized carbons (Fsp3) is 0.103. The van der Waals surface area contributed by atoms with Gasteiger partial charge in [0.2, 0.25) is 0 Å². The summed E-state index contributed by atoms with van der Waals surface area (Å²) in [6, 6.07) is 18.8. The second kappa shape index (κ2) is 11.4. The van der Waals surface area contributed by atoms with Gasteiger partial charge >= 0.3 is 12.1 Å². The lowest BCUT2D eigenvalue weighted by molar-refractivity contribution is -0.142. The number of nitrogens with one attached hydrogen (secondary N) is 1. The van der Waals surface area contributed by atoms with Gasteiger partial charge in [0, 0.05) is 29.3 Å². The van der Waals surface area contributed by atoms with Gasteiger partial charge in [-0.2, -0.15) is 18.3 Å². The molecule has 13 heteroatoms. The quantitative estimate of drug-likeness (QED) is 0.168. The number of amides is 1. The molecule has 0 fully saturated rings. The number of carbonyl (C=O) groups excluding carboxylic acids is 2. The van der Waals surface area contributed by atoms with E-state index in [1.54, 1.807) is 30.3 Å². The summed E-state index contributed by atoms with van der Waals surface area (Å²) in [6.07, 6.45) is -4.77. The molecule has 0 aliphatic rings. The van der Waals surface area contributed by atoms with Crippen LogP contribution in [0.15, 0.2) is 78.9 Å². The molecule has 0 saturated heterocycles. The van der Waals surface area contributed by atoms with Gasteiger partial charge in [0.1, 0.15) is 17.2 Å². The second-order valence-corrected chi connectivity index (χ2v) is 9.15. The summed E-state index contributed by atoms with van der Waals surface area (Å²) in [6.45, 7) is 0. The van der Waals surface area contributed by atoms with Crippen LogP contribution in [0, 0.1) is 0 Å². The number of fused-ring (bicyclic) bond motifs is 1. The number of benzene rings is 3. The Kier molecular flexibility index (Phi) is 7.72. The number of esters is 1. The van der Waals surface area contributed by atoms with Gasteiger partial charge in [0.15, 0.2) is 17.0 Å². The summed E-state index contributed by atoms with van der Waals surface area (Å²) >= 11 is 6.10. The average molecular weight is 597 g/mol. The van der Waals surface area contributed by atoms with E-state index >= 15 is 0 Å². The Morgan fingerprint density at radius 1 is 0.905 bits per heavy atom. The molecule has 0 saturated carbocycles. The molecule has 42 heavy (non-hydrogen) atoms. The first-order valence-electron chi connectivity index (χ1n) is 12.2. The Morgan fingerprint density at radius 3 is 2.24 bits per heavy atom. The normalized spacial score (nSPS) is 11.3. The Balaban J connectivity index is 1.35. The lowest BCUT2D eigenvalue weighted by atomic mass is 10.1. The van der Waals surface area contributed by atoms with Gasteiger partial charge in [-0.25, -0.2) is 14.3 Å². The van der Waals surface area contributed by atoms with E-state index in [0.29, 0.717) is 32.3 Å². The van der Waals surface area contributed by atoms with Crippen molar-refractivity contribution in [1.29, 1.82) is 0 Å². The van der Waals surface area contributed by atoms with Crippen LogP contribution in [0.5, 0.6) is 17.2 Å². The molecule has 1 amide bonds. The van der Waals surface area contributed by atoms with Gasteiger partial charge in [-0.15, -0.1) is 0 Å². The Bertz CT molecular complexity index is 1790. The maximum absolute atomic E-state index is 13.9. The molecular weight excluding hydrogens is 577 g/mol. The molecule has 5 rings (SSSR count). The summed E-state index contributed by atoms with van der Waals surface area (Å²) in [5.74, 6) is -0.837. The van der Waals surface area contributed by atoms with E-state index in [9.17, 15) is 22.8 Å². The van der Waals surface area contributed by atoms with Gasteiger partial charge in [0.05, 0.1) is 30.6 Å². The minimum Gasteiger partial charge on any atom is -0.495 e. The third-order valence-electron chi connectivity index (χ3n) is 6.05. The molecule has 5 aromatic rings. The molecule has 2 aromatic heterocycles. The van der Waals surface area contributed by atoms with Crippen molar-refractivity contribution < 1.29 is 37.0 Å². The van der Waals surface area contributed by atoms with Crippen LogP contribution in [0.3, 0.4) is 0 Å². The minimum absolute atomic E-state index is 0.0355. The van der Waals surface area contributed by atoms with E-state index in [2.05, 4.69) is 15.4 Å². The Morgan fingerprint density at radius 2 is 1.60 bits per heavy atom. The maximum Gasteiger partial charge on any atom is 0.433 e. The first-order chi connectivity index (χ1) is 20.1. The van der Waals surface area contributed by atoms with Gasteiger partial charge in [-0.3, -0.25) is 4.79 Å². The fourth-order valence-electron chi connectivity index (χ4n) is 4.02. The third-order valence-corrected chi connectivity index (χ3v) is 6.34. The Hall–Kier alpha value is -5.10. The second-order valence-electron chi connectivity index (χ2n) is 8.75. The zero-order valence-corrected chi connectivity index (χ0v) is 22.7. The predicted octanol–water partition coefficient (Wildman–Crippen LogP) is 6.56. The van der Waals surface area contributed by atoms with Crippen molar-refractivity contribution in [2.75, 3.05) is 19.5 Å². The number of carbonyl (C=O) groups is 2. The highest BCUT2D eigenvalue weighted by atomic mass is 35.5. The average Bonchev–Trinajstić information content (AvgIpc) is 3.42. The fourth-order valence-corrected chi connectivity index (χ4v) is 4.25. The van der Waals surface area contributed by atoms with E-state index in [0.717, 1.165) is 12.1 Å². The van der Waals surface area contributed by atoms with Crippen LogP contribution < -0.4 is 19.5 Å². The summed E-state index contributed by atoms with van der Waals surface area (Å²) in [5.41, 5.74) is -0.608. The first-order valence-corrected chi connectivity index (χ1v) is 12.5. The van der Waals surface area contributed by atoms with Crippen molar-refractivity contribution in [2.45, 2.75) is 6.18 Å². The highest BCUT2D eigenvalue weighted by Crippen LogP contribution is 2.36. The Labute approximate surface area is 241 Å². The van der Waals surface area contributed by atoms with E-state index in [-0.39, 0.29) is 28.3 Å². The zero-order chi connectivity index (χ0) is 30.0. The monoisotopic (exact) mass is 596 g/mol. The highest BCUT2D eigenvalue weighted by Gasteiger charge is 2.36. The number of hydrogen-bond donors (Lipinski definition) is 1. The first kappa shape index (κ1) is 28.4. The van der Waals surface area contributed by atoms with Crippen molar-refractivity contribution in [3.8, 4) is 28.5 Å². The molecule has 3 aromatic carbocycles. The van der Waals surface area contributed by atoms with E-state index in [4.69, 9.17) is 25.8 Å². The van der Waals surface area contributed by atoms with E-state index < -0.39 is 23.7 Å². The number of aromatic nitrogens is 3. The molecular formula is C29H20ClF3N4O5. The van der Waals surface area contributed by atoms with Crippen LogP contribution in [-0.4, -0.2) is 40.7 Å². The molecule has 214 valence electrons. The van der Waals surface area contributed by atoms with Gasteiger partial charge in [-0.05, 0) is 30.3 Å². The van der Waals surface area contributed by atoms with Crippen molar-refractivity contribution in [2.24, 2.45) is 0 Å². The molecule has 0 aliphatic heterocycles. The van der Waals surface area contributed by atoms with Crippen molar-refractivity contribution in [3.05, 3.63) is 101 Å². The van der Waals surface area contributed by atoms with Crippen LogP contribution in [-0.2, 0) is 6.18 Å². The predicted molar refractivity (Wildman–Crippen MR) is 147 cm³/mol. The molecule has 9 nitrogen and oxygen atoms in total. The van der Waals surface area contributed by atoms with Crippen LogP contribution in [0.25, 0.3) is 16.9 Å². The number of alkyl halides is 3. The van der Waals surface area contributed by atoms with Gasteiger partial charge in [0.25, 0.3) is 5.91 Å². The smallest absolute Gasteiger partial charge is 0.433 e. The molecule has 0 bridgehead atoms. The number of anilines is 1. The summed E-state index contributed by atoms with van der Waals surface area (Å²) < 4.78 is 57.8.